The molecule has 2 N–H and O–H groups in total. The van der Waals surface area contributed by atoms with Gasteiger partial charge < -0.3 is 15.4 Å². The number of alkyl carbamates (subject to hydrolysis) is 1. The molecule has 0 saturated heterocycles. The molecule has 0 atom stereocenters. The van der Waals surface area contributed by atoms with Crippen molar-refractivity contribution in [1.29, 1.82) is 0 Å². The van der Waals surface area contributed by atoms with E-state index in [1.807, 2.05) is 0 Å². The second kappa shape index (κ2) is 9.71. The first-order valence-corrected chi connectivity index (χ1v) is 10.1. The Balaban J connectivity index is 2.04. The average Bonchev–Trinajstić information content (AvgIpc) is 2.84. The van der Waals surface area contributed by atoms with E-state index in [9.17, 15) is 19.7 Å². The van der Waals surface area contributed by atoms with Gasteiger partial charge in [-0.2, -0.15) is 0 Å². The minimum Gasteiger partial charge on any atom is -0.444 e. The van der Waals surface area contributed by atoms with Crippen molar-refractivity contribution >= 4 is 17.7 Å². The molecule has 0 unspecified atom stereocenters. The Labute approximate surface area is 171 Å². The molecule has 8 nitrogen and oxygen atoms in total. The summed E-state index contributed by atoms with van der Waals surface area (Å²) in [6.45, 7) is 5.69. The number of amides is 2. The van der Waals surface area contributed by atoms with Crippen LogP contribution in [-0.2, 0) is 16.0 Å². The normalized spacial score (nSPS) is 16.4. The minimum atomic E-state index is -0.606. The topological polar surface area (TPSA) is 111 Å². The van der Waals surface area contributed by atoms with Crippen molar-refractivity contribution < 1.29 is 19.2 Å². The molecule has 8 heteroatoms. The van der Waals surface area contributed by atoms with Gasteiger partial charge in [0.25, 0.3) is 5.69 Å². The highest BCUT2D eigenvalue weighted by Gasteiger charge is 2.34. The molecule has 2 amide bonds. The number of hydrogen-bond donors (Lipinski definition) is 2. The van der Waals surface area contributed by atoms with E-state index < -0.39 is 22.2 Å². The van der Waals surface area contributed by atoms with Gasteiger partial charge in [-0.15, -0.1) is 0 Å². The summed E-state index contributed by atoms with van der Waals surface area (Å²) in [5.74, 6) is -0.311. The predicted molar refractivity (Wildman–Crippen MR) is 110 cm³/mol. The van der Waals surface area contributed by atoms with Crippen LogP contribution in [0, 0.1) is 10.1 Å². The van der Waals surface area contributed by atoms with E-state index in [-0.39, 0.29) is 24.6 Å². The van der Waals surface area contributed by atoms with Crippen LogP contribution >= 0.6 is 0 Å². The zero-order valence-electron chi connectivity index (χ0n) is 17.5. The summed E-state index contributed by atoms with van der Waals surface area (Å²) in [4.78, 5) is 35.5. The van der Waals surface area contributed by atoms with Crippen molar-refractivity contribution in [2.24, 2.45) is 0 Å². The van der Waals surface area contributed by atoms with Gasteiger partial charge in [-0.3, -0.25) is 14.9 Å². The molecule has 29 heavy (non-hydrogen) atoms. The van der Waals surface area contributed by atoms with Crippen molar-refractivity contribution in [3.63, 3.8) is 0 Å². The number of carbonyl (C=O) groups excluding carboxylic acids is 2. The van der Waals surface area contributed by atoms with Gasteiger partial charge in [0.2, 0.25) is 5.91 Å². The van der Waals surface area contributed by atoms with Gasteiger partial charge in [0.15, 0.2) is 0 Å². The monoisotopic (exact) mass is 405 g/mol. The third kappa shape index (κ3) is 7.36. The fourth-order valence-electron chi connectivity index (χ4n) is 3.61. The maximum atomic E-state index is 12.5. The first-order chi connectivity index (χ1) is 13.6. The third-order valence-corrected chi connectivity index (χ3v) is 4.99. The number of hydrogen-bond acceptors (Lipinski definition) is 5. The van der Waals surface area contributed by atoms with Crippen LogP contribution in [0.3, 0.4) is 0 Å². The molecule has 160 valence electrons. The Morgan fingerprint density at radius 2 is 1.76 bits per heavy atom. The van der Waals surface area contributed by atoms with Crippen LogP contribution in [0.25, 0.3) is 0 Å². The first-order valence-electron chi connectivity index (χ1n) is 10.1. The van der Waals surface area contributed by atoms with Crippen molar-refractivity contribution in [3.8, 4) is 0 Å². The molecule has 1 aromatic carbocycles. The van der Waals surface area contributed by atoms with Crippen LogP contribution in [0.5, 0.6) is 0 Å². The number of ether oxygens (including phenoxy) is 1. The van der Waals surface area contributed by atoms with Gasteiger partial charge in [-0.25, -0.2) is 4.79 Å². The molecule has 0 aromatic heterocycles. The van der Waals surface area contributed by atoms with E-state index >= 15 is 0 Å². The molecule has 0 aliphatic heterocycles. The maximum absolute atomic E-state index is 12.5. The second-order valence-electron chi connectivity index (χ2n) is 8.66. The first kappa shape index (κ1) is 22.6. The fraction of sp³-hybridized carbons (Fsp3) is 0.619. The van der Waals surface area contributed by atoms with E-state index in [2.05, 4.69) is 10.6 Å². The predicted octanol–water partition coefficient (Wildman–Crippen LogP) is 3.87. The van der Waals surface area contributed by atoms with Crippen molar-refractivity contribution in [3.05, 3.63) is 39.9 Å². The zero-order chi connectivity index (χ0) is 21.5. The van der Waals surface area contributed by atoms with Crippen molar-refractivity contribution in [1.82, 2.24) is 10.6 Å². The van der Waals surface area contributed by atoms with Crippen LogP contribution in [0.1, 0.15) is 64.9 Å². The molecular formula is C21H31N3O5. The SMILES string of the molecule is CC(C)(C)OC(=O)NC1(CNC(=O)Cc2ccccc2[N+](=O)[O-])CCCCCC1. The Kier molecular flexibility index (Phi) is 7.59. The Morgan fingerprint density at radius 1 is 1.14 bits per heavy atom. The van der Waals surface area contributed by atoms with Crippen LogP contribution in [0.2, 0.25) is 0 Å². The molecule has 1 saturated carbocycles. The third-order valence-electron chi connectivity index (χ3n) is 4.99. The maximum Gasteiger partial charge on any atom is 0.408 e. The van der Waals surface area contributed by atoms with Crippen LogP contribution in [0.15, 0.2) is 24.3 Å². The molecule has 1 aromatic rings. The molecule has 0 bridgehead atoms. The highest BCUT2D eigenvalue weighted by Crippen LogP contribution is 2.27. The quantitative estimate of drug-likeness (QED) is 0.424. The van der Waals surface area contributed by atoms with Gasteiger partial charge in [-0.1, -0.05) is 43.9 Å². The smallest absolute Gasteiger partial charge is 0.408 e. The summed E-state index contributed by atoms with van der Waals surface area (Å²) in [5, 5.41) is 17.0. The largest absolute Gasteiger partial charge is 0.444 e. The summed E-state index contributed by atoms with van der Waals surface area (Å²) < 4.78 is 5.41. The minimum absolute atomic E-state index is 0.0706. The summed E-state index contributed by atoms with van der Waals surface area (Å²) in [6, 6.07) is 6.22. The van der Waals surface area contributed by atoms with E-state index in [0.29, 0.717) is 5.56 Å². The van der Waals surface area contributed by atoms with Gasteiger partial charge in [0.05, 0.1) is 16.9 Å². The Bertz CT molecular complexity index is 734. The van der Waals surface area contributed by atoms with Gasteiger partial charge in [-0.05, 0) is 33.6 Å². The average molecular weight is 405 g/mol. The van der Waals surface area contributed by atoms with Gasteiger partial charge >= 0.3 is 6.09 Å². The summed E-state index contributed by atoms with van der Waals surface area (Å²) in [5.41, 5.74) is -0.883. The zero-order valence-corrected chi connectivity index (χ0v) is 17.5. The lowest BCUT2D eigenvalue weighted by Crippen LogP contribution is -2.56. The molecule has 0 radical (unpaired) electrons. The van der Waals surface area contributed by atoms with Crippen LogP contribution in [0.4, 0.5) is 10.5 Å². The van der Waals surface area contributed by atoms with Crippen LogP contribution in [-0.4, -0.2) is 34.6 Å². The van der Waals surface area contributed by atoms with Gasteiger partial charge in [0.1, 0.15) is 5.60 Å². The standard InChI is InChI=1S/C21H31N3O5/c1-20(2,3)29-19(26)23-21(12-8-4-5-9-13-21)15-22-18(25)14-16-10-6-7-11-17(16)24(27)28/h6-7,10-11H,4-5,8-9,12-15H2,1-3H3,(H,22,25)(H,23,26). The number of carbonyl (C=O) groups is 2. The fourth-order valence-corrected chi connectivity index (χ4v) is 3.61. The Morgan fingerprint density at radius 3 is 2.34 bits per heavy atom. The number of nitrogens with zero attached hydrogens (tertiary/aromatic N) is 1. The van der Waals surface area contributed by atoms with Crippen molar-refractivity contribution in [2.45, 2.75) is 76.9 Å². The number of nitro groups is 1. The van der Waals surface area contributed by atoms with E-state index in [0.717, 1.165) is 38.5 Å². The van der Waals surface area contributed by atoms with Gasteiger partial charge in [0, 0.05) is 18.2 Å². The lowest BCUT2D eigenvalue weighted by Gasteiger charge is -2.35. The van der Waals surface area contributed by atoms with E-state index in [4.69, 9.17) is 4.74 Å². The highest BCUT2D eigenvalue weighted by molar-refractivity contribution is 5.80. The lowest BCUT2D eigenvalue weighted by atomic mass is 9.90. The molecule has 1 aliphatic rings. The summed E-state index contributed by atoms with van der Waals surface area (Å²) in [6.07, 6.45) is 5.00. The Hall–Kier alpha value is -2.64. The number of nitrogens with one attached hydrogen (secondary N) is 2. The lowest BCUT2D eigenvalue weighted by molar-refractivity contribution is -0.385. The number of benzene rings is 1. The summed E-state index contributed by atoms with van der Waals surface area (Å²) in [7, 11) is 0. The molecular weight excluding hydrogens is 374 g/mol. The molecule has 0 heterocycles. The number of para-hydroxylation sites is 1. The molecule has 1 fully saturated rings. The van der Waals surface area contributed by atoms with Crippen LogP contribution < -0.4 is 10.6 Å². The van der Waals surface area contributed by atoms with E-state index in [1.54, 1.807) is 39.0 Å². The van der Waals surface area contributed by atoms with Crippen molar-refractivity contribution in [2.75, 3.05) is 6.54 Å². The highest BCUT2D eigenvalue weighted by atomic mass is 16.6. The molecule has 2 rings (SSSR count). The summed E-state index contributed by atoms with van der Waals surface area (Å²) >= 11 is 0. The second-order valence-corrected chi connectivity index (χ2v) is 8.66. The number of nitro benzene ring substituents is 1. The number of rotatable bonds is 6. The molecule has 0 spiro atoms. The molecule has 1 aliphatic carbocycles. The van der Waals surface area contributed by atoms with E-state index in [1.165, 1.54) is 6.07 Å².